The van der Waals surface area contributed by atoms with Crippen molar-refractivity contribution >= 4 is 44.3 Å². The van der Waals surface area contributed by atoms with E-state index in [4.69, 9.17) is 9.82 Å². The quantitative estimate of drug-likeness (QED) is 0.358. The summed E-state index contributed by atoms with van der Waals surface area (Å²) < 4.78 is 0. The Morgan fingerprint density at radius 1 is 1.15 bits per heavy atom. The Balaban J connectivity index is 1.13. The van der Waals surface area contributed by atoms with E-state index in [0.717, 1.165) is 58.8 Å². The van der Waals surface area contributed by atoms with Crippen molar-refractivity contribution in [3.05, 3.63) is 41.0 Å². The van der Waals surface area contributed by atoms with Crippen LogP contribution in [0.3, 0.4) is 0 Å². The Morgan fingerprint density at radius 3 is 2.79 bits per heavy atom. The fourth-order valence-electron chi connectivity index (χ4n) is 4.31. The van der Waals surface area contributed by atoms with Crippen LogP contribution in [-0.2, 0) is 11.2 Å². The zero-order valence-electron chi connectivity index (χ0n) is 19.6. The molecule has 1 fully saturated rings. The second-order valence-corrected chi connectivity index (χ2v) is 9.65. The highest BCUT2D eigenvalue weighted by molar-refractivity contribution is 7.18. The third-order valence-electron chi connectivity index (χ3n) is 6.03. The molecule has 0 spiro atoms. The molecule has 10 heteroatoms. The lowest BCUT2D eigenvalue weighted by Gasteiger charge is -2.35. The van der Waals surface area contributed by atoms with Crippen LogP contribution in [0.25, 0.3) is 21.3 Å². The molecule has 178 valence electrons. The van der Waals surface area contributed by atoms with Crippen molar-refractivity contribution in [2.24, 2.45) is 0 Å². The number of aromatic nitrogens is 5. The molecule has 1 aliphatic rings. The van der Waals surface area contributed by atoms with Crippen molar-refractivity contribution in [1.82, 2.24) is 30.0 Å². The minimum absolute atomic E-state index is 0.163. The first kappa shape index (κ1) is 22.5. The van der Waals surface area contributed by atoms with Crippen LogP contribution < -0.4 is 9.74 Å². The van der Waals surface area contributed by atoms with Gasteiger partial charge in [-0.15, -0.1) is 16.4 Å². The van der Waals surface area contributed by atoms with Gasteiger partial charge >= 0.3 is 0 Å². The van der Waals surface area contributed by atoms with E-state index in [1.807, 2.05) is 36.1 Å². The van der Waals surface area contributed by atoms with Gasteiger partial charge in [0.1, 0.15) is 34.1 Å². The van der Waals surface area contributed by atoms with E-state index in [9.17, 15) is 4.79 Å². The second kappa shape index (κ2) is 9.92. The summed E-state index contributed by atoms with van der Waals surface area (Å²) in [5.41, 5.74) is 1.61. The number of nitrogens with zero attached hydrogens (tertiary/aromatic N) is 7. The molecule has 0 unspecified atom stereocenters. The first-order valence-corrected chi connectivity index (χ1v) is 12.7. The van der Waals surface area contributed by atoms with Gasteiger partial charge in [0, 0.05) is 37.5 Å². The van der Waals surface area contributed by atoms with Crippen molar-refractivity contribution in [1.29, 1.82) is 0 Å². The third kappa shape index (κ3) is 4.68. The molecular formula is C24H29N7O2S. The summed E-state index contributed by atoms with van der Waals surface area (Å²) in [6.07, 6.45) is 3.27. The van der Waals surface area contributed by atoms with E-state index in [1.54, 1.807) is 11.3 Å². The lowest BCUT2D eigenvalue weighted by Crippen LogP contribution is -2.49. The second-order valence-electron chi connectivity index (χ2n) is 8.53. The zero-order chi connectivity index (χ0) is 23.5. The van der Waals surface area contributed by atoms with E-state index in [2.05, 4.69) is 33.2 Å². The van der Waals surface area contributed by atoms with Gasteiger partial charge in [-0.1, -0.05) is 30.3 Å². The number of carbonyl (C=O) groups is 1. The Hall–Kier alpha value is -3.27. The number of thiophene rings is 1. The van der Waals surface area contributed by atoms with Gasteiger partial charge in [-0.2, -0.15) is 0 Å². The first-order valence-electron chi connectivity index (χ1n) is 11.9. The molecule has 3 aromatic heterocycles. The molecular weight excluding hydrogens is 450 g/mol. The maximum Gasteiger partial charge on any atom is 0.222 e. The molecule has 1 amide bonds. The van der Waals surface area contributed by atoms with Gasteiger partial charge in [-0.05, 0) is 43.2 Å². The summed E-state index contributed by atoms with van der Waals surface area (Å²) in [5.74, 6) is 1.96. The molecule has 4 aromatic rings. The van der Waals surface area contributed by atoms with Crippen LogP contribution in [0.1, 0.15) is 36.9 Å². The fraction of sp³-hybridized carbons (Fsp3) is 0.458. The highest BCUT2D eigenvalue weighted by atomic mass is 32.1. The molecule has 0 radical (unpaired) electrons. The van der Waals surface area contributed by atoms with Crippen LogP contribution in [-0.4, -0.2) is 68.7 Å². The van der Waals surface area contributed by atoms with Gasteiger partial charge in [0.15, 0.2) is 0 Å². The number of anilines is 1. The largest absolute Gasteiger partial charge is 0.395 e. The first-order chi connectivity index (χ1) is 16.6. The Bertz CT molecular complexity index is 1290. The maximum absolute atomic E-state index is 12.7. The lowest BCUT2D eigenvalue weighted by atomic mass is 10.2. The van der Waals surface area contributed by atoms with E-state index < -0.39 is 0 Å². The van der Waals surface area contributed by atoms with Crippen molar-refractivity contribution in [3.8, 4) is 0 Å². The average Bonchev–Trinajstić information content (AvgIpc) is 3.45. The number of para-hydroxylation sites is 1. The van der Waals surface area contributed by atoms with Crippen molar-refractivity contribution in [2.75, 3.05) is 37.7 Å². The van der Waals surface area contributed by atoms with Crippen LogP contribution >= 0.6 is 11.3 Å². The monoisotopic (exact) mass is 479 g/mol. The predicted molar refractivity (Wildman–Crippen MR) is 133 cm³/mol. The molecule has 1 aliphatic heterocycles. The number of fused-ring (bicyclic) bond motifs is 2. The number of hydrogen-bond acceptors (Lipinski definition) is 8. The maximum atomic E-state index is 12.7. The topological polar surface area (TPSA) is 89.3 Å². The van der Waals surface area contributed by atoms with Crippen molar-refractivity contribution < 1.29 is 9.63 Å². The molecule has 0 bridgehead atoms. The minimum Gasteiger partial charge on any atom is -0.395 e. The summed E-state index contributed by atoms with van der Waals surface area (Å²) >= 11 is 1.77. The molecule has 1 aromatic carbocycles. The van der Waals surface area contributed by atoms with Crippen LogP contribution in [0.5, 0.6) is 0 Å². The molecule has 34 heavy (non-hydrogen) atoms. The fourth-order valence-corrected chi connectivity index (χ4v) is 5.48. The smallest absolute Gasteiger partial charge is 0.222 e. The van der Waals surface area contributed by atoms with E-state index >= 15 is 0 Å². The third-order valence-corrected chi connectivity index (χ3v) is 7.12. The zero-order valence-corrected chi connectivity index (χ0v) is 20.4. The Labute approximate surface area is 202 Å². The normalized spacial score (nSPS) is 14.3. The van der Waals surface area contributed by atoms with E-state index in [-0.39, 0.29) is 5.91 Å². The highest BCUT2D eigenvalue weighted by Crippen LogP contribution is 2.32. The Kier molecular flexibility index (Phi) is 6.57. The summed E-state index contributed by atoms with van der Waals surface area (Å²) in [4.78, 5) is 35.9. The number of benzene rings is 1. The highest BCUT2D eigenvalue weighted by Gasteiger charge is 2.24. The van der Waals surface area contributed by atoms with Crippen LogP contribution in [0, 0.1) is 6.92 Å². The number of amides is 1. The number of hydrogen-bond donors (Lipinski definition) is 0. The summed E-state index contributed by atoms with van der Waals surface area (Å²) in [6, 6.07) is 9.88. The molecule has 0 N–H and O–H groups in total. The van der Waals surface area contributed by atoms with Gasteiger partial charge in [-0.25, -0.2) is 9.97 Å². The summed E-state index contributed by atoms with van der Waals surface area (Å²) in [7, 11) is 0. The molecule has 1 saturated heterocycles. The van der Waals surface area contributed by atoms with E-state index in [0.29, 0.717) is 32.5 Å². The van der Waals surface area contributed by atoms with Crippen molar-refractivity contribution in [3.63, 3.8) is 0 Å². The average molecular weight is 480 g/mol. The summed E-state index contributed by atoms with van der Waals surface area (Å²) in [5, 5.41) is 9.22. The molecule has 9 nitrogen and oxygen atoms in total. The number of carbonyl (C=O) groups excluding carboxylic acids is 1. The van der Waals surface area contributed by atoms with Gasteiger partial charge in [0.05, 0.1) is 5.39 Å². The van der Waals surface area contributed by atoms with Gasteiger partial charge in [-0.3, -0.25) is 4.79 Å². The molecule has 0 saturated carbocycles. The van der Waals surface area contributed by atoms with Gasteiger partial charge < -0.3 is 14.6 Å². The van der Waals surface area contributed by atoms with Gasteiger partial charge in [0.25, 0.3) is 0 Å². The van der Waals surface area contributed by atoms with Crippen LogP contribution in [0.4, 0.5) is 5.82 Å². The van der Waals surface area contributed by atoms with Gasteiger partial charge in [0.2, 0.25) is 5.91 Å². The van der Waals surface area contributed by atoms with Crippen LogP contribution in [0.15, 0.2) is 30.3 Å². The molecule has 5 rings (SSSR count). The Morgan fingerprint density at radius 2 is 1.97 bits per heavy atom. The van der Waals surface area contributed by atoms with E-state index in [1.165, 1.54) is 9.72 Å². The molecule has 4 heterocycles. The predicted octanol–water partition coefficient (Wildman–Crippen LogP) is 3.25. The van der Waals surface area contributed by atoms with Crippen LogP contribution in [0.2, 0.25) is 0 Å². The SMILES string of the molecule is CCCc1cc2c(N3CCN(C(=O)CCCOn4nnc5ccccc54)CC3)nc(C)nc2s1. The number of piperazine rings is 1. The minimum atomic E-state index is 0.163. The lowest BCUT2D eigenvalue weighted by molar-refractivity contribution is -0.131. The summed E-state index contributed by atoms with van der Waals surface area (Å²) in [6.45, 7) is 7.51. The molecule has 0 aliphatic carbocycles. The number of aryl methyl sites for hydroxylation is 2. The van der Waals surface area contributed by atoms with Crippen molar-refractivity contribution in [2.45, 2.75) is 39.5 Å². The number of rotatable bonds is 8. The molecule has 0 atom stereocenters. The standard InChI is InChI=1S/C24H29N7O2S/c1-3-7-18-16-19-23(25-17(2)26-24(19)34-18)30-13-11-29(12-14-30)22(32)10-6-15-33-31-21-9-5-4-8-20(21)27-28-31/h4-5,8-9,16H,3,6-7,10-15H2,1-2H3.